The van der Waals surface area contributed by atoms with Gasteiger partial charge in [0.2, 0.25) is 5.91 Å². The fourth-order valence-electron chi connectivity index (χ4n) is 4.39. The first-order valence-electron chi connectivity index (χ1n) is 8.89. The quantitative estimate of drug-likeness (QED) is 0.854. The van der Waals surface area contributed by atoms with Gasteiger partial charge < -0.3 is 15.3 Å². The van der Waals surface area contributed by atoms with Gasteiger partial charge in [-0.25, -0.2) is 0 Å². The normalized spacial score (nSPS) is 30.2. The van der Waals surface area contributed by atoms with Crippen LogP contribution in [0.5, 0.6) is 0 Å². The van der Waals surface area contributed by atoms with Gasteiger partial charge in [-0.05, 0) is 49.3 Å². The van der Waals surface area contributed by atoms with Crippen molar-refractivity contribution in [2.45, 2.75) is 44.7 Å². The highest BCUT2D eigenvalue weighted by Crippen LogP contribution is 2.63. The number of carbonyl (C=O) groups excluding carboxylic acids is 2. The number of fused-ring (bicyclic) bond motifs is 1. The predicted octanol–water partition coefficient (Wildman–Crippen LogP) is 1.79. The molecule has 0 radical (unpaired) electrons. The number of hydrogen-bond donors (Lipinski definition) is 2. The number of carbonyl (C=O) groups is 3. The van der Waals surface area contributed by atoms with E-state index in [1.54, 1.807) is 12.1 Å². The van der Waals surface area contributed by atoms with E-state index in [9.17, 15) is 19.5 Å². The highest BCUT2D eigenvalue weighted by Gasteiger charge is 2.65. The minimum atomic E-state index is -0.727. The number of amides is 2. The Labute approximate surface area is 146 Å². The Balaban J connectivity index is 1.34. The van der Waals surface area contributed by atoms with Gasteiger partial charge in [0.05, 0.1) is 5.41 Å². The lowest BCUT2D eigenvalue weighted by Gasteiger charge is -2.17. The van der Waals surface area contributed by atoms with E-state index in [1.807, 2.05) is 17.0 Å². The van der Waals surface area contributed by atoms with E-state index in [-0.39, 0.29) is 23.8 Å². The van der Waals surface area contributed by atoms with Crippen LogP contribution in [0.3, 0.4) is 0 Å². The lowest BCUT2D eigenvalue weighted by atomic mass is 10.0. The first kappa shape index (κ1) is 16.1. The van der Waals surface area contributed by atoms with Crippen molar-refractivity contribution in [1.82, 2.24) is 10.2 Å². The Morgan fingerprint density at radius 1 is 1.24 bits per heavy atom. The van der Waals surface area contributed by atoms with E-state index < -0.39 is 11.4 Å². The third kappa shape index (κ3) is 2.90. The van der Waals surface area contributed by atoms with Crippen molar-refractivity contribution in [3.63, 3.8) is 0 Å². The third-order valence-corrected chi connectivity index (χ3v) is 5.93. The third-order valence-electron chi connectivity index (χ3n) is 5.93. The molecule has 4 rings (SSSR count). The van der Waals surface area contributed by atoms with Crippen LogP contribution in [0.4, 0.5) is 0 Å². The molecule has 6 nitrogen and oxygen atoms in total. The van der Waals surface area contributed by atoms with Crippen LogP contribution in [0.25, 0.3) is 0 Å². The summed E-state index contributed by atoms with van der Waals surface area (Å²) in [5, 5.41) is 12.3. The lowest BCUT2D eigenvalue weighted by Crippen LogP contribution is -2.35. The molecule has 2 aliphatic carbocycles. The summed E-state index contributed by atoms with van der Waals surface area (Å²) in [6.45, 7) is 1.39. The highest BCUT2D eigenvalue weighted by molar-refractivity contribution is 5.94. The van der Waals surface area contributed by atoms with Crippen LogP contribution in [0.15, 0.2) is 24.3 Å². The van der Waals surface area contributed by atoms with Crippen molar-refractivity contribution in [3.8, 4) is 0 Å². The van der Waals surface area contributed by atoms with Crippen molar-refractivity contribution in [1.29, 1.82) is 0 Å². The largest absolute Gasteiger partial charge is 0.481 e. The van der Waals surface area contributed by atoms with Crippen molar-refractivity contribution < 1.29 is 19.5 Å². The number of nitrogens with zero attached hydrogens (tertiary/aromatic N) is 1. The zero-order chi connectivity index (χ0) is 17.6. The molecule has 2 saturated carbocycles. The highest BCUT2D eigenvalue weighted by atomic mass is 16.4. The maximum absolute atomic E-state index is 12.4. The fraction of sp³-hybridized carbons (Fsp3) is 0.526. The topological polar surface area (TPSA) is 86.7 Å². The molecule has 0 bridgehead atoms. The Morgan fingerprint density at radius 2 is 2.00 bits per heavy atom. The molecule has 1 aromatic rings. The maximum Gasteiger partial charge on any atom is 0.310 e. The van der Waals surface area contributed by atoms with Gasteiger partial charge in [-0.15, -0.1) is 0 Å². The number of carboxylic acid groups (broad SMARTS) is 1. The van der Waals surface area contributed by atoms with E-state index in [1.165, 1.54) is 0 Å². The second kappa shape index (κ2) is 5.86. The molecule has 0 unspecified atom stereocenters. The van der Waals surface area contributed by atoms with Gasteiger partial charge in [0.15, 0.2) is 0 Å². The monoisotopic (exact) mass is 342 g/mol. The van der Waals surface area contributed by atoms with Gasteiger partial charge in [0, 0.05) is 31.1 Å². The summed E-state index contributed by atoms with van der Waals surface area (Å²) >= 11 is 0. The van der Waals surface area contributed by atoms with Gasteiger partial charge in [-0.2, -0.15) is 0 Å². The molecule has 1 aliphatic heterocycles. The lowest BCUT2D eigenvalue weighted by molar-refractivity contribution is -0.143. The van der Waals surface area contributed by atoms with Crippen LogP contribution in [0.1, 0.15) is 48.0 Å². The Bertz CT molecular complexity index is 729. The van der Waals surface area contributed by atoms with Gasteiger partial charge in [-0.3, -0.25) is 14.4 Å². The average Bonchev–Trinajstić information content (AvgIpc) is 2.93. The SMILES string of the molecule is O=C(N[C@H]1C[C@@H]2C[C@]2(C(=O)O)C1)c1ccc(CN2CCCC2=O)cc1. The second-order valence-electron chi connectivity index (χ2n) is 7.59. The molecule has 0 aromatic heterocycles. The average molecular weight is 342 g/mol. The first-order valence-corrected chi connectivity index (χ1v) is 8.89. The molecule has 3 atom stereocenters. The van der Waals surface area contributed by atoms with Crippen LogP contribution in [0, 0.1) is 11.3 Å². The van der Waals surface area contributed by atoms with Gasteiger partial charge in [0.25, 0.3) is 5.91 Å². The molecule has 1 heterocycles. The number of carboxylic acids is 1. The molecule has 3 aliphatic rings. The zero-order valence-electron chi connectivity index (χ0n) is 14.0. The maximum atomic E-state index is 12.4. The summed E-state index contributed by atoms with van der Waals surface area (Å²) in [4.78, 5) is 37.2. The van der Waals surface area contributed by atoms with Crippen molar-refractivity contribution in [2.24, 2.45) is 11.3 Å². The minimum Gasteiger partial charge on any atom is -0.481 e. The number of hydrogen-bond acceptors (Lipinski definition) is 3. The van der Waals surface area contributed by atoms with E-state index >= 15 is 0 Å². The van der Waals surface area contributed by atoms with Crippen LogP contribution >= 0.6 is 0 Å². The molecular formula is C19H22N2O4. The molecule has 6 heteroatoms. The molecule has 25 heavy (non-hydrogen) atoms. The summed E-state index contributed by atoms with van der Waals surface area (Å²) in [5.74, 6) is -0.477. The molecule has 2 amide bonds. The predicted molar refractivity (Wildman–Crippen MR) is 89.8 cm³/mol. The van der Waals surface area contributed by atoms with Gasteiger partial charge >= 0.3 is 5.97 Å². The van der Waals surface area contributed by atoms with Crippen LogP contribution < -0.4 is 5.32 Å². The molecule has 132 valence electrons. The first-order chi connectivity index (χ1) is 12.0. The van der Waals surface area contributed by atoms with Crippen molar-refractivity contribution in [3.05, 3.63) is 35.4 Å². The van der Waals surface area contributed by atoms with Crippen LogP contribution in [-0.4, -0.2) is 40.4 Å². The summed E-state index contributed by atoms with van der Waals surface area (Å²) in [6.07, 6.45) is 3.58. The Morgan fingerprint density at radius 3 is 2.60 bits per heavy atom. The Hall–Kier alpha value is -2.37. The molecule has 1 aromatic carbocycles. The number of nitrogens with one attached hydrogen (secondary N) is 1. The summed E-state index contributed by atoms with van der Waals surface area (Å²) in [6, 6.07) is 7.25. The molecular weight excluding hydrogens is 320 g/mol. The zero-order valence-corrected chi connectivity index (χ0v) is 14.0. The van der Waals surface area contributed by atoms with Gasteiger partial charge in [0.1, 0.15) is 0 Å². The Kier molecular flexibility index (Phi) is 3.78. The number of rotatable bonds is 5. The summed E-state index contributed by atoms with van der Waals surface area (Å²) in [5.41, 5.74) is 1.00. The van der Waals surface area contributed by atoms with E-state index in [2.05, 4.69) is 5.32 Å². The summed E-state index contributed by atoms with van der Waals surface area (Å²) < 4.78 is 0. The van der Waals surface area contributed by atoms with E-state index in [0.717, 1.165) is 31.4 Å². The van der Waals surface area contributed by atoms with Crippen molar-refractivity contribution in [2.75, 3.05) is 6.54 Å². The number of benzene rings is 1. The molecule has 2 N–H and O–H groups in total. The molecule has 1 saturated heterocycles. The van der Waals surface area contributed by atoms with E-state index in [0.29, 0.717) is 24.9 Å². The smallest absolute Gasteiger partial charge is 0.310 e. The fourth-order valence-corrected chi connectivity index (χ4v) is 4.39. The second-order valence-corrected chi connectivity index (χ2v) is 7.59. The van der Waals surface area contributed by atoms with Crippen LogP contribution in [0.2, 0.25) is 0 Å². The minimum absolute atomic E-state index is 0.0516. The van der Waals surface area contributed by atoms with Gasteiger partial charge in [-0.1, -0.05) is 12.1 Å². The number of aliphatic carboxylic acids is 1. The molecule has 0 spiro atoms. The summed E-state index contributed by atoms with van der Waals surface area (Å²) in [7, 11) is 0. The van der Waals surface area contributed by atoms with Crippen molar-refractivity contribution >= 4 is 17.8 Å². The molecule has 3 fully saturated rings. The standard InChI is InChI=1S/C19H22N2O4/c22-16-2-1-7-21(16)11-12-3-5-13(6-4-12)17(23)20-15-8-14-9-19(14,10-15)18(24)25/h3-6,14-15H,1-2,7-11H2,(H,20,23)(H,24,25)/t14-,15+,19+/m1/s1. The van der Waals surface area contributed by atoms with E-state index in [4.69, 9.17) is 0 Å². The van der Waals surface area contributed by atoms with Crippen LogP contribution in [-0.2, 0) is 16.1 Å². The number of likely N-dealkylation sites (tertiary alicyclic amines) is 1.